The second kappa shape index (κ2) is 4.80. The zero-order chi connectivity index (χ0) is 14.3. The summed E-state index contributed by atoms with van der Waals surface area (Å²) in [5, 5.41) is 2.97. The summed E-state index contributed by atoms with van der Waals surface area (Å²) in [6.45, 7) is 9.66. The van der Waals surface area contributed by atoms with Crippen molar-refractivity contribution in [2.45, 2.75) is 58.9 Å². The minimum absolute atomic E-state index is 0.0563. The van der Waals surface area contributed by atoms with Crippen molar-refractivity contribution in [3.8, 4) is 0 Å². The van der Waals surface area contributed by atoms with E-state index in [1.165, 1.54) is 6.42 Å². The first-order valence-corrected chi connectivity index (χ1v) is 7.37. The van der Waals surface area contributed by atoms with Crippen LogP contribution in [-0.4, -0.2) is 35.3 Å². The van der Waals surface area contributed by atoms with Crippen molar-refractivity contribution in [1.29, 1.82) is 0 Å². The lowest BCUT2D eigenvalue weighted by Crippen LogP contribution is -2.52. The summed E-state index contributed by atoms with van der Waals surface area (Å²) in [6, 6.07) is 0. The molecule has 2 rings (SSSR count). The third-order valence-electron chi connectivity index (χ3n) is 4.03. The van der Waals surface area contributed by atoms with E-state index in [1.807, 2.05) is 25.7 Å². The predicted molar refractivity (Wildman–Crippen MR) is 74.5 cm³/mol. The van der Waals surface area contributed by atoms with Gasteiger partial charge in [-0.25, -0.2) is 0 Å². The number of nitrogens with zero attached hydrogens (tertiary/aromatic N) is 1. The normalized spacial score (nSPS) is 25.9. The summed E-state index contributed by atoms with van der Waals surface area (Å²) in [4.78, 5) is 26.9. The van der Waals surface area contributed by atoms with Gasteiger partial charge in [0.2, 0.25) is 11.8 Å². The molecule has 2 aliphatic rings. The highest BCUT2D eigenvalue weighted by Crippen LogP contribution is 2.48. The van der Waals surface area contributed by atoms with Crippen LogP contribution in [0.2, 0.25) is 0 Å². The molecule has 1 saturated carbocycles. The highest BCUT2D eigenvalue weighted by Gasteiger charge is 2.58. The molecule has 0 aromatic heterocycles. The van der Waals surface area contributed by atoms with Crippen molar-refractivity contribution in [2.75, 3.05) is 13.1 Å². The Morgan fingerprint density at radius 1 is 1.26 bits per heavy atom. The Hall–Kier alpha value is -1.06. The Balaban J connectivity index is 2.03. The molecule has 1 saturated heterocycles. The largest absolute Gasteiger partial charge is 0.351 e. The van der Waals surface area contributed by atoms with E-state index in [9.17, 15) is 9.59 Å². The van der Waals surface area contributed by atoms with Crippen molar-refractivity contribution < 1.29 is 9.59 Å². The fraction of sp³-hybridized carbons (Fsp3) is 0.867. The Kier molecular flexibility index (Phi) is 3.63. The van der Waals surface area contributed by atoms with Crippen molar-refractivity contribution in [3.63, 3.8) is 0 Å². The van der Waals surface area contributed by atoms with Gasteiger partial charge in [0.25, 0.3) is 0 Å². The molecule has 1 heterocycles. The van der Waals surface area contributed by atoms with E-state index in [4.69, 9.17) is 0 Å². The fourth-order valence-electron chi connectivity index (χ4n) is 2.80. The molecule has 0 bridgehead atoms. The van der Waals surface area contributed by atoms with Gasteiger partial charge in [-0.05, 0) is 52.4 Å². The van der Waals surface area contributed by atoms with Gasteiger partial charge in [0.05, 0.1) is 0 Å². The zero-order valence-electron chi connectivity index (χ0n) is 12.6. The molecule has 1 aliphatic carbocycles. The second-order valence-electron chi connectivity index (χ2n) is 7.28. The minimum atomic E-state index is -0.746. The number of hydrogen-bond donors (Lipinski definition) is 1. The van der Waals surface area contributed by atoms with Crippen LogP contribution in [0.25, 0.3) is 0 Å². The number of nitrogens with one attached hydrogen (secondary N) is 1. The van der Waals surface area contributed by atoms with Gasteiger partial charge < -0.3 is 10.2 Å². The van der Waals surface area contributed by atoms with Gasteiger partial charge >= 0.3 is 0 Å². The molecular weight excluding hydrogens is 240 g/mol. The smallest absolute Gasteiger partial charge is 0.238 e. The maximum absolute atomic E-state index is 12.6. The number of rotatable bonds is 2. The van der Waals surface area contributed by atoms with E-state index >= 15 is 0 Å². The average Bonchev–Trinajstić information content (AvgIpc) is 3.07. The Morgan fingerprint density at radius 2 is 1.89 bits per heavy atom. The third-order valence-corrected chi connectivity index (χ3v) is 4.03. The lowest BCUT2D eigenvalue weighted by molar-refractivity contribution is -0.146. The number of piperidine rings is 1. The van der Waals surface area contributed by atoms with Crippen LogP contribution in [0, 0.1) is 11.3 Å². The first-order chi connectivity index (χ1) is 8.74. The maximum Gasteiger partial charge on any atom is 0.238 e. The lowest BCUT2D eigenvalue weighted by Gasteiger charge is -2.34. The van der Waals surface area contributed by atoms with Crippen LogP contribution in [0.1, 0.15) is 53.4 Å². The summed E-state index contributed by atoms with van der Waals surface area (Å²) in [6.07, 6.45) is 3.66. The Labute approximate surface area is 115 Å². The first kappa shape index (κ1) is 14.4. The topological polar surface area (TPSA) is 49.4 Å². The van der Waals surface area contributed by atoms with E-state index in [2.05, 4.69) is 12.2 Å². The SMILES string of the molecule is CC1CCCN(C(=O)C2(C(=O)NC(C)(C)C)CC2)C1. The van der Waals surface area contributed by atoms with Gasteiger partial charge in [-0.2, -0.15) is 0 Å². The summed E-state index contributed by atoms with van der Waals surface area (Å²) < 4.78 is 0. The molecule has 0 aromatic rings. The van der Waals surface area contributed by atoms with Gasteiger partial charge in [-0.15, -0.1) is 0 Å². The van der Waals surface area contributed by atoms with Crippen molar-refractivity contribution in [3.05, 3.63) is 0 Å². The van der Waals surface area contributed by atoms with E-state index < -0.39 is 5.41 Å². The van der Waals surface area contributed by atoms with Gasteiger partial charge in [-0.1, -0.05) is 6.92 Å². The fourth-order valence-corrected chi connectivity index (χ4v) is 2.80. The van der Waals surface area contributed by atoms with E-state index in [-0.39, 0.29) is 17.4 Å². The van der Waals surface area contributed by atoms with Crippen LogP contribution in [0.15, 0.2) is 0 Å². The predicted octanol–water partition coefficient (Wildman–Crippen LogP) is 1.94. The molecule has 0 spiro atoms. The number of amides is 2. The van der Waals surface area contributed by atoms with Gasteiger partial charge in [0, 0.05) is 18.6 Å². The van der Waals surface area contributed by atoms with Crippen LogP contribution >= 0.6 is 0 Å². The molecular formula is C15H26N2O2. The monoisotopic (exact) mass is 266 g/mol. The van der Waals surface area contributed by atoms with E-state index in [1.54, 1.807) is 0 Å². The van der Waals surface area contributed by atoms with Gasteiger partial charge in [-0.3, -0.25) is 9.59 Å². The zero-order valence-corrected chi connectivity index (χ0v) is 12.6. The summed E-state index contributed by atoms with van der Waals surface area (Å²) in [7, 11) is 0. The van der Waals surface area contributed by atoms with Crippen LogP contribution < -0.4 is 5.32 Å². The number of carbonyl (C=O) groups is 2. The van der Waals surface area contributed by atoms with Gasteiger partial charge in [0.1, 0.15) is 5.41 Å². The highest BCUT2D eigenvalue weighted by molar-refractivity contribution is 6.08. The molecule has 1 aliphatic heterocycles. The van der Waals surface area contributed by atoms with Crippen molar-refractivity contribution in [2.24, 2.45) is 11.3 Å². The highest BCUT2D eigenvalue weighted by atomic mass is 16.2. The Morgan fingerprint density at radius 3 is 2.37 bits per heavy atom. The minimum Gasteiger partial charge on any atom is -0.351 e. The maximum atomic E-state index is 12.6. The molecule has 1 atom stereocenters. The molecule has 1 N–H and O–H groups in total. The molecule has 4 heteroatoms. The van der Waals surface area contributed by atoms with Crippen molar-refractivity contribution >= 4 is 11.8 Å². The van der Waals surface area contributed by atoms with E-state index in [0.29, 0.717) is 18.8 Å². The Bertz CT molecular complexity index is 380. The lowest BCUT2D eigenvalue weighted by atomic mass is 9.96. The van der Waals surface area contributed by atoms with Crippen LogP contribution in [0.3, 0.4) is 0 Å². The molecule has 108 valence electrons. The van der Waals surface area contributed by atoms with Crippen LogP contribution in [0.5, 0.6) is 0 Å². The quantitative estimate of drug-likeness (QED) is 0.777. The standard InChI is InChI=1S/C15H26N2O2/c1-11-6-5-9-17(10-11)13(19)15(7-8-15)12(18)16-14(2,3)4/h11H,5-10H2,1-4H3,(H,16,18). The van der Waals surface area contributed by atoms with Crippen LogP contribution in [0.4, 0.5) is 0 Å². The number of hydrogen-bond acceptors (Lipinski definition) is 2. The summed E-state index contributed by atoms with van der Waals surface area (Å²) in [5.74, 6) is 0.531. The molecule has 0 aromatic carbocycles. The molecule has 1 unspecified atom stereocenters. The first-order valence-electron chi connectivity index (χ1n) is 7.37. The summed E-state index contributed by atoms with van der Waals surface area (Å²) >= 11 is 0. The summed E-state index contributed by atoms with van der Waals surface area (Å²) in [5.41, 5.74) is -1.02. The molecule has 2 fully saturated rings. The molecule has 19 heavy (non-hydrogen) atoms. The van der Waals surface area contributed by atoms with Crippen molar-refractivity contribution in [1.82, 2.24) is 10.2 Å². The molecule has 2 amide bonds. The number of carbonyl (C=O) groups excluding carboxylic acids is 2. The third kappa shape index (κ3) is 3.10. The molecule has 0 radical (unpaired) electrons. The van der Waals surface area contributed by atoms with Crippen LogP contribution in [-0.2, 0) is 9.59 Å². The average molecular weight is 266 g/mol. The van der Waals surface area contributed by atoms with E-state index in [0.717, 1.165) is 19.5 Å². The molecule has 4 nitrogen and oxygen atoms in total. The number of likely N-dealkylation sites (tertiary alicyclic amines) is 1. The second-order valence-corrected chi connectivity index (χ2v) is 7.28. The van der Waals surface area contributed by atoms with Gasteiger partial charge in [0.15, 0.2) is 0 Å².